The van der Waals surface area contributed by atoms with Crippen molar-refractivity contribution >= 4 is 0 Å². The maximum Gasteiger partial charge on any atom is 0.124 e. The molecule has 0 aliphatic carbocycles. The number of hydrogen-bond donors (Lipinski definition) is 1. The number of hydrogen-bond acceptors (Lipinski definition) is 3. The van der Waals surface area contributed by atoms with Gasteiger partial charge in [-0.1, -0.05) is 19.0 Å². The van der Waals surface area contributed by atoms with Crippen LogP contribution in [0.15, 0.2) is 16.9 Å². The monoisotopic (exact) mass is 143 g/mol. The van der Waals surface area contributed by atoms with Gasteiger partial charge in [0.05, 0.1) is 5.69 Å². The molecule has 0 amide bonds. The number of aromatic nitrogens is 1. The number of nitrogens with zero attached hydrogens (tertiary/aromatic N) is 1. The van der Waals surface area contributed by atoms with Gasteiger partial charge in [0, 0.05) is 19.1 Å². The van der Waals surface area contributed by atoms with Crippen LogP contribution >= 0.6 is 0 Å². The Labute approximate surface area is 60.7 Å². The van der Waals surface area contributed by atoms with Crippen molar-refractivity contribution in [2.45, 2.75) is 20.3 Å². The van der Waals surface area contributed by atoms with Gasteiger partial charge in [0.2, 0.25) is 0 Å². The molecule has 1 rings (SSSR count). The van der Waals surface area contributed by atoms with Crippen molar-refractivity contribution in [3.63, 3.8) is 0 Å². The highest BCUT2D eigenvalue weighted by Crippen LogP contribution is 1.92. The largest absolute Gasteiger partial charge is 0.396 e. The maximum absolute atomic E-state index is 8.36. The van der Waals surface area contributed by atoms with Crippen LogP contribution in [0.3, 0.4) is 0 Å². The molecule has 3 nitrogen and oxygen atoms in total. The van der Waals surface area contributed by atoms with Crippen molar-refractivity contribution < 1.29 is 9.63 Å². The molecule has 0 bridgehead atoms. The van der Waals surface area contributed by atoms with Crippen LogP contribution < -0.4 is 0 Å². The number of aliphatic hydroxyl groups excluding tert-OH is 1. The molecule has 0 spiro atoms. The summed E-state index contributed by atoms with van der Waals surface area (Å²) < 4.78 is 4.51. The lowest BCUT2D eigenvalue weighted by Crippen LogP contribution is -1.88. The summed E-state index contributed by atoms with van der Waals surface area (Å²) in [7, 11) is 0. The third-order valence-corrected chi connectivity index (χ3v) is 0.859. The van der Waals surface area contributed by atoms with E-state index in [-0.39, 0.29) is 6.61 Å². The highest BCUT2D eigenvalue weighted by Gasteiger charge is 1.91. The lowest BCUT2D eigenvalue weighted by Gasteiger charge is -1.82. The maximum atomic E-state index is 8.36. The minimum Gasteiger partial charge on any atom is -0.396 e. The Morgan fingerprint density at radius 2 is 2.30 bits per heavy atom. The minimum atomic E-state index is 0.131. The molecule has 1 aromatic rings. The topological polar surface area (TPSA) is 46.3 Å². The quantitative estimate of drug-likeness (QED) is 0.677. The van der Waals surface area contributed by atoms with Gasteiger partial charge < -0.3 is 9.63 Å². The Morgan fingerprint density at radius 3 is 2.70 bits per heavy atom. The van der Waals surface area contributed by atoms with Gasteiger partial charge in [-0.15, -0.1) is 0 Å². The van der Waals surface area contributed by atoms with Gasteiger partial charge in [-0.3, -0.25) is 0 Å². The van der Waals surface area contributed by atoms with E-state index in [2.05, 4.69) is 9.68 Å². The van der Waals surface area contributed by atoms with E-state index in [0.717, 1.165) is 5.69 Å². The van der Waals surface area contributed by atoms with Gasteiger partial charge in [0.1, 0.15) is 6.26 Å². The van der Waals surface area contributed by atoms with E-state index in [9.17, 15) is 0 Å². The van der Waals surface area contributed by atoms with Crippen LogP contribution in [0.25, 0.3) is 0 Å². The molecule has 0 radical (unpaired) electrons. The summed E-state index contributed by atoms with van der Waals surface area (Å²) >= 11 is 0. The molecule has 1 aromatic heterocycles. The average Bonchev–Trinajstić information content (AvgIpc) is 2.46. The third kappa shape index (κ3) is 3.25. The summed E-state index contributed by atoms with van der Waals surface area (Å²) in [6.07, 6.45) is 2.07. The number of rotatable bonds is 2. The predicted octanol–water partition coefficient (Wildman–Crippen LogP) is 1.24. The molecule has 10 heavy (non-hydrogen) atoms. The van der Waals surface area contributed by atoms with Crippen LogP contribution in [0, 0.1) is 0 Å². The van der Waals surface area contributed by atoms with Crippen LogP contribution in [0.4, 0.5) is 0 Å². The fourth-order valence-corrected chi connectivity index (χ4v) is 0.481. The standard InChI is InChI=1S/C5H7NO2.C2H6/c7-3-1-5-2-4-8-6-5;1-2/h2,4,7H,1,3H2;1-2H3. The first-order valence-corrected chi connectivity index (χ1v) is 3.43. The molecule has 3 heteroatoms. The lowest BCUT2D eigenvalue weighted by atomic mass is 10.3. The fraction of sp³-hybridized carbons (Fsp3) is 0.571. The van der Waals surface area contributed by atoms with Gasteiger partial charge in [-0.2, -0.15) is 0 Å². The Bertz CT molecular complexity index is 137. The normalized spacial score (nSPS) is 8.30. The van der Waals surface area contributed by atoms with Crippen molar-refractivity contribution in [2.75, 3.05) is 6.61 Å². The molecule has 0 aromatic carbocycles. The first kappa shape index (κ1) is 9.17. The fourth-order valence-electron chi connectivity index (χ4n) is 0.481. The zero-order valence-corrected chi connectivity index (χ0v) is 6.37. The van der Waals surface area contributed by atoms with E-state index in [1.165, 1.54) is 6.26 Å². The van der Waals surface area contributed by atoms with E-state index in [1.807, 2.05) is 13.8 Å². The molecule has 0 fully saturated rings. The summed E-state index contributed by atoms with van der Waals surface area (Å²) in [5.41, 5.74) is 0.799. The van der Waals surface area contributed by atoms with E-state index >= 15 is 0 Å². The highest BCUT2D eigenvalue weighted by atomic mass is 16.5. The molecule has 0 aliphatic heterocycles. The minimum absolute atomic E-state index is 0.131. The molecule has 1 N–H and O–H groups in total. The third-order valence-electron chi connectivity index (χ3n) is 0.859. The van der Waals surface area contributed by atoms with Gasteiger partial charge in [0.15, 0.2) is 0 Å². The van der Waals surface area contributed by atoms with E-state index in [4.69, 9.17) is 5.11 Å². The van der Waals surface area contributed by atoms with E-state index in [1.54, 1.807) is 6.07 Å². The van der Waals surface area contributed by atoms with Gasteiger partial charge in [-0.05, 0) is 0 Å². The molecule has 1 heterocycles. The highest BCUT2D eigenvalue weighted by molar-refractivity contribution is 4.94. The van der Waals surface area contributed by atoms with Crippen LogP contribution in [-0.2, 0) is 6.42 Å². The Kier molecular flexibility index (Phi) is 5.77. The first-order valence-electron chi connectivity index (χ1n) is 3.43. The SMILES string of the molecule is CC.OCCc1ccon1. The van der Waals surface area contributed by atoms with Crippen LogP contribution in [0.5, 0.6) is 0 Å². The summed E-state index contributed by atoms with van der Waals surface area (Å²) in [4.78, 5) is 0. The summed E-state index contributed by atoms with van der Waals surface area (Å²) in [5, 5.41) is 11.9. The predicted molar refractivity (Wildman–Crippen MR) is 38.6 cm³/mol. The smallest absolute Gasteiger partial charge is 0.124 e. The second-order valence-electron chi connectivity index (χ2n) is 1.46. The molecule has 0 saturated heterocycles. The lowest BCUT2D eigenvalue weighted by molar-refractivity contribution is 0.294. The van der Waals surface area contributed by atoms with Crippen molar-refractivity contribution in [1.82, 2.24) is 5.16 Å². The first-order chi connectivity index (χ1) is 4.93. The van der Waals surface area contributed by atoms with Crippen molar-refractivity contribution in [3.8, 4) is 0 Å². The molecule has 0 saturated carbocycles. The van der Waals surface area contributed by atoms with Gasteiger partial charge in [-0.25, -0.2) is 0 Å². The van der Waals surface area contributed by atoms with Crippen LogP contribution in [-0.4, -0.2) is 16.9 Å². The van der Waals surface area contributed by atoms with Crippen LogP contribution in [0.2, 0.25) is 0 Å². The zero-order valence-electron chi connectivity index (χ0n) is 6.37. The average molecular weight is 143 g/mol. The van der Waals surface area contributed by atoms with Crippen molar-refractivity contribution in [1.29, 1.82) is 0 Å². The summed E-state index contributed by atoms with van der Waals surface area (Å²) in [6.45, 7) is 4.13. The molecular formula is C7H13NO2. The molecule has 0 unspecified atom stereocenters. The Morgan fingerprint density at radius 1 is 1.60 bits per heavy atom. The second kappa shape index (κ2) is 6.29. The number of aliphatic hydroxyl groups is 1. The van der Waals surface area contributed by atoms with Gasteiger partial charge in [0.25, 0.3) is 0 Å². The zero-order chi connectivity index (χ0) is 7.82. The molecule has 0 aliphatic rings. The van der Waals surface area contributed by atoms with E-state index < -0.39 is 0 Å². The molecular weight excluding hydrogens is 130 g/mol. The summed E-state index contributed by atoms with van der Waals surface area (Å²) in [6, 6.07) is 1.73. The van der Waals surface area contributed by atoms with Crippen LogP contribution in [0.1, 0.15) is 19.5 Å². The Hall–Kier alpha value is -0.830. The van der Waals surface area contributed by atoms with E-state index in [0.29, 0.717) is 6.42 Å². The Balaban J connectivity index is 0.000000371. The van der Waals surface area contributed by atoms with Crippen molar-refractivity contribution in [3.05, 3.63) is 18.0 Å². The summed E-state index contributed by atoms with van der Waals surface area (Å²) in [5.74, 6) is 0. The van der Waals surface area contributed by atoms with Crippen molar-refractivity contribution in [2.24, 2.45) is 0 Å². The second-order valence-corrected chi connectivity index (χ2v) is 1.46. The molecule has 58 valence electrons. The van der Waals surface area contributed by atoms with Gasteiger partial charge >= 0.3 is 0 Å². The molecule has 0 atom stereocenters.